The van der Waals surface area contributed by atoms with Gasteiger partial charge in [-0.05, 0) is 12.1 Å². The van der Waals surface area contributed by atoms with E-state index in [0.29, 0.717) is 0 Å². The Balaban J connectivity index is 0.000000347. The van der Waals surface area contributed by atoms with Crippen molar-refractivity contribution in [2.75, 3.05) is 26.7 Å². The monoisotopic (exact) mass is 694 g/mol. The highest BCUT2D eigenvalue weighted by molar-refractivity contribution is 9.90. The van der Waals surface area contributed by atoms with Crippen LogP contribution in [0.1, 0.15) is 0 Å². The molecule has 1 aliphatic rings. The summed E-state index contributed by atoms with van der Waals surface area (Å²) in [6, 6.07) is 9.02. The maximum absolute atomic E-state index is 4.04. The van der Waals surface area contributed by atoms with Crippen LogP contribution in [0.15, 0.2) is 24.3 Å². The minimum atomic E-state index is -1.06. The van der Waals surface area contributed by atoms with Gasteiger partial charge >= 0.3 is 3.23 Å². The molecule has 0 aliphatic carbocycles. The van der Waals surface area contributed by atoms with E-state index in [9.17, 15) is 0 Å². The molecule has 1 aromatic carbocycles. The van der Waals surface area contributed by atoms with Gasteiger partial charge in [-0.2, -0.15) is 0 Å². The molecule has 2 rings (SSSR count). The second-order valence-corrected chi connectivity index (χ2v) is 34.4. The lowest BCUT2D eigenvalue weighted by Crippen LogP contribution is -2.23. The molecule has 1 heterocycles. The molecule has 1 aromatic rings. The summed E-state index contributed by atoms with van der Waals surface area (Å²) in [7, 11) is -2.12. The summed E-state index contributed by atoms with van der Waals surface area (Å²) in [5.74, 6) is 0. The zero-order chi connectivity index (χ0) is 16.0. The second-order valence-electron chi connectivity index (χ2n) is 5.65. The van der Waals surface area contributed by atoms with Gasteiger partial charge in [0.1, 0.15) is 0 Å². The molecule has 0 fully saturated rings. The maximum Gasteiger partial charge on any atom is 0.438 e. The average Bonchev–Trinajstić information content (AvgIpc) is 2.35. The van der Waals surface area contributed by atoms with Crippen LogP contribution in [0.5, 0.6) is 0 Å². The smallest absolute Gasteiger partial charge is 0.311 e. The molecule has 0 radical (unpaired) electrons. The normalized spacial score (nSPS) is 21.7. The molecule has 0 N–H and O–H groups in total. The molecule has 0 atom stereocenters. The predicted molar refractivity (Wildman–Crippen MR) is 128 cm³/mol. The summed E-state index contributed by atoms with van der Waals surface area (Å²) in [6.45, 7) is 9.79. The topological polar surface area (TPSA) is 0 Å². The summed E-state index contributed by atoms with van der Waals surface area (Å²) in [5.41, 5.74) is 0. The molecule has 0 saturated carbocycles. The molecule has 0 unspecified atom stereocenters. The van der Waals surface area contributed by atoms with Crippen LogP contribution < -0.4 is 10.6 Å². The van der Waals surface area contributed by atoms with E-state index in [2.05, 4.69) is 145 Å². The van der Waals surface area contributed by atoms with Gasteiger partial charge < -0.3 is 63.0 Å². The van der Waals surface area contributed by atoms with Gasteiger partial charge in [0.2, 0.25) is 1.44 Å². The van der Waals surface area contributed by atoms with Crippen LogP contribution in [-0.2, 0) is 0 Å². The highest BCUT2D eigenvalue weighted by atomic mass is 80.0. The Morgan fingerprint density at radius 2 is 1.05 bits per heavy atom. The second kappa shape index (κ2) is 7.14. The van der Waals surface area contributed by atoms with Crippen molar-refractivity contribution in [1.82, 2.24) is 0 Å². The number of halogens is 6. The number of benzene rings is 1. The van der Waals surface area contributed by atoms with E-state index in [1.807, 2.05) is 0 Å². The van der Waals surface area contributed by atoms with Gasteiger partial charge in [-0.25, -0.2) is 31.5 Å². The predicted octanol–water partition coefficient (Wildman–Crippen LogP) is 6.73. The van der Waals surface area contributed by atoms with Gasteiger partial charge in [0.15, 0.2) is 0 Å². The molecular weight excluding hydrogens is 683 g/mol. The zero-order valence-corrected chi connectivity index (χ0v) is 22.9. The van der Waals surface area contributed by atoms with E-state index in [0.717, 1.165) is 0 Å². The van der Waals surface area contributed by atoms with Crippen molar-refractivity contribution in [1.29, 1.82) is 0 Å². The van der Waals surface area contributed by atoms with Crippen LogP contribution in [0.25, 0.3) is 0 Å². The third kappa shape index (κ3) is 4.38. The molecule has 0 amide bonds. The Labute approximate surface area is 173 Å². The van der Waals surface area contributed by atoms with Crippen LogP contribution in [0, 0.1) is 0 Å². The number of hydrogen-bond donors (Lipinski definition) is 0. The first-order chi connectivity index (χ1) is 8.73. The van der Waals surface area contributed by atoms with Crippen LogP contribution in [0.4, 0.5) is 0 Å². The molecule has 0 nitrogen and oxygen atoms in total. The van der Waals surface area contributed by atoms with Crippen molar-refractivity contribution >= 4 is 124 Å². The Bertz CT molecular complexity index is 458. The van der Waals surface area contributed by atoms with E-state index < -0.39 is 19.0 Å². The Hall–Kier alpha value is 3.09. The van der Waals surface area contributed by atoms with Crippen molar-refractivity contribution in [2.45, 2.75) is 0 Å². The summed E-state index contributed by atoms with van der Waals surface area (Å²) >= 11 is 20.8. The third-order valence-electron chi connectivity index (χ3n) is 3.68. The molecule has 0 spiro atoms. The van der Waals surface area contributed by atoms with Gasteiger partial charge in [-0.3, -0.25) is 0 Å². The first-order valence-electron chi connectivity index (χ1n) is 5.89. The largest absolute Gasteiger partial charge is 0.438 e. The lowest BCUT2D eigenvalue weighted by molar-refractivity contribution is 1.81. The lowest BCUT2D eigenvalue weighted by Gasteiger charge is -2.34. The highest BCUT2D eigenvalue weighted by Crippen LogP contribution is 2.86. The molecule has 0 aromatic heterocycles. The SMILES string of the molecule is Br[B-](Br)(Br)Br.C[P+]1(C)c2ccccc2[P+](C)(C)[B-]1(Br)Br. The number of fused-ring (bicyclic) bond motifs is 1. The minimum absolute atomic E-state index is 0.575. The van der Waals surface area contributed by atoms with E-state index in [1.165, 1.54) is 0 Å². The van der Waals surface area contributed by atoms with Gasteiger partial charge in [-0.15, -0.1) is 0 Å². The van der Waals surface area contributed by atoms with Gasteiger partial charge in [0.25, 0.3) is 0 Å². The molecular formula is C10H16B2Br6P2. The van der Waals surface area contributed by atoms with Crippen LogP contribution in [0.3, 0.4) is 0 Å². The van der Waals surface area contributed by atoms with E-state index in [1.54, 1.807) is 10.6 Å². The minimum Gasteiger partial charge on any atom is -0.311 e. The first kappa shape index (κ1) is 21.1. The molecule has 114 valence electrons. The maximum atomic E-state index is 4.04. The Kier molecular flexibility index (Phi) is 7.55. The number of rotatable bonds is 0. The molecule has 0 bridgehead atoms. The van der Waals surface area contributed by atoms with Gasteiger partial charge in [0, 0.05) is 26.7 Å². The highest BCUT2D eigenvalue weighted by Gasteiger charge is 2.68. The van der Waals surface area contributed by atoms with Crippen molar-refractivity contribution in [2.24, 2.45) is 0 Å². The summed E-state index contributed by atoms with van der Waals surface area (Å²) in [6.07, 6.45) is 0. The molecule has 20 heavy (non-hydrogen) atoms. The fourth-order valence-corrected chi connectivity index (χ4v) is 16.1. The van der Waals surface area contributed by atoms with Crippen molar-refractivity contribution in [3.63, 3.8) is 0 Å². The van der Waals surface area contributed by atoms with E-state index >= 15 is 0 Å². The first-order valence-corrected chi connectivity index (χ1v) is 16.9. The van der Waals surface area contributed by atoms with Crippen LogP contribution in [0.2, 0.25) is 0 Å². The third-order valence-corrected chi connectivity index (χ3v) is 26.0. The van der Waals surface area contributed by atoms with E-state index in [-0.39, 0.29) is 0 Å². The fraction of sp³-hybridized carbons (Fsp3) is 0.400. The van der Waals surface area contributed by atoms with Crippen molar-refractivity contribution < 1.29 is 0 Å². The van der Waals surface area contributed by atoms with Crippen LogP contribution in [-0.4, -0.2) is 31.3 Å². The van der Waals surface area contributed by atoms with Crippen LogP contribution >= 0.6 is 109 Å². The molecule has 1 aliphatic heterocycles. The van der Waals surface area contributed by atoms with Gasteiger partial charge in [-0.1, -0.05) is 26.4 Å². The Morgan fingerprint density at radius 3 is 1.30 bits per heavy atom. The lowest BCUT2D eigenvalue weighted by atomic mass is 10.4. The van der Waals surface area contributed by atoms with E-state index in [4.69, 9.17) is 0 Å². The van der Waals surface area contributed by atoms with Crippen molar-refractivity contribution in [3.8, 4) is 0 Å². The quantitative estimate of drug-likeness (QED) is 0.208. The summed E-state index contributed by atoms with van der Waals surface area (Å²) in [5, 5.41) is 3.24. The molecule has 10 heteroatoms. The fourth-order valence-electron chi connectivity index (χ4n) is 2.50. The summed E-state index contributed by atoms with van der Waals surface area (Å²) in [4.78, 5) is 0. The molecule has 0 saturated heterocycles. The average molecular weight is 699 g/mol. The number of hydrogen-bond acceptors (Lipinski definition) is 0. The van der Waals surface area contributed by atoms with Gasteiger partial charge in [0.05, 0.1) is 10.6 Å². The summed E-state index contributed by atoms with van der Waals surface area (Å²) < 4.78 is -1.33. The van der Waals surface area contributed by atoms with Crippen molar-refractivity contribution in [3.05, 3.63) is 24.3 Å². The standard InChI is InChI=1S/C10H16BBr2P2.BBr4/c1-14(2)9-7-5-6-8-10(9)15(3,4)11(14,12)13;2-1(3,4)5/h5-8H,1-4H3;/q+1;-1. The Morgan fingerprint density at radius 1 is 0.800 bits per heavy atom. The zero-order valence-electron chi connectivity index (χ0n) is 11.6.